The fourth-order valence-electron chi connectivity index (χ4n) is 3.15. The molecule has 0 saturated carbocycles. The van der Waals surface area contributed by atoms with Crippen LogP contribution in [0.1, 0.15) is 82.0 Å². The van der Waals surface area contributed by atoms with Gasteiger partial charge in [0.15, 0.2) is 11.5 Å². The molecule has 5 heteroatoms. The highest BCUT2D eigenvalue weighted by Crippen LogP contribution is 2.40. The number of Topliss-reactive ketones (excluding diaryl/α,β-unsaturated/α-hetero) is 1. The predicted octanol–water partition coefficient (Wildman–Crippen LogP) is 5.13. The van der Waals surface area contributed by atoms with Gasteiger partial charge in [-0.1, -0.05) is 51.9 Å². The van der Waals surface area contributed by atoms with Gasteiger partial charge in [-0.15, -0.1) is 0 Å². The largest absolute Gasteiger partial charge is 0.491 e. The highest BCUT2D eigenvalue weighted by atomic mass is 16.5. The molecule has 1 N–H and O–H groups in total. The van der Waals surface area contributed by atoms with Gasteiger partial charge in [-0.05, 0) is 18.6 Å². The summed E-state index contributed by atoms with van der Waals surface area (Å²) in [6.07, 6.45) is 10.3. The molecule has 1 aliphatic rings. The lowest BCUT2D eigenvalue weighted by atomic mass is 10.0. The standard InChI is InChI=1S/C21H31NO4/c1-3-4-5-6-7-8-9-10-14-25-19-12-11-17-18(24)13-15-26-21(17)20(19)22-16(2)23/h11-12H,3-10,13-15H2,1-2H3,(H,22,23). The quantitative estimate of drug-likeness (QED) is 0.555. The Balaban J connectivity index is 1.86. The molecule has 0 unspecified atom stereocenters. The van der Waals surface area contributed by atoms with Crippen molar-refractivity contribution >= 4 is 17.4 Å². The maximum atomic E-state index is 12.0. The summed E-state index contributed by atoms with van der Waals surface area (Å²) in [4.78, 5) is 23.6. The van der Waals surface area contributed by atoms with Crippen LogP contribution in [0.3, 0.4) is 0 Å². The van der Waals surface area contributed by atoms with E-state index in [9.17, 15) is 9.59 Å². The van der Waals surface area contributed by atoms with E-state index < -0.39 is 0 Å². The molecule has 0 atom stereocenters. The highest BCUT2D eigenvalue weighted by Gasteiger charge is 2.24. The number of rotatable bonds is 11. The maximum Gasteiger partial charge on any atom is 0.221 e. The number of carbonyl (C=O) groups excluding carboxylic acids is 2. The van der Waals surface area contributed by atoms with E-state index >= 15 is 0 Å². The van der Waals surface area contributed by atoms with Crippen LogP contribution in [0.2, 0.25) is 0 Å². The topological polar surface area (TPSA) is 64.6 Å². The van der Waals surface area contributed by atoms with Crippen LogP contribution in [0.5, 0.6) is 11.5 Å². The molecule has 26 heavy (non-hydrogen) atoms. The van der Waals surface area contributed by atoms with Gasteiger partial charge in [0, 0.05) is 13.3 Å². The van der Waals surface area contributed by atoms with Crippen LogP contribution in [0.15, 0.2) is 12.1 Å². The Labute approximate surface area is 156 Å². The minimum Gasteiger partial charge on any atom is -0.491 e. The van der Waals surface area contributed by atoms with Gasteiger partial charge >= 0.3 is 0 Å². The number of ether oxygens (including phenoxy) is 2. The third-order valence-electron chi connectivity index (χ3n) is 4.55. The van der Waals surface area contributed by atoms with E-state index in [-0.39, 0.29) is 11.7 Å². The lowest BCUT2D eigenvalue weighted by Gasteiger charge is -2.22. The zero-order chi connectivity index (χ0) is 18.8. The Morgan fingerprint density at radius 1 is 1.12 bits per heavy atom. The van der Waals surface area contributed by atoms with Crippen molar-refractivity contribution in [3.05, 3.63) is 17.7 Å². The third kappa shape index (κ3) is 6.04. The number of hydrogen-bond donors (Lipinski definition) is 1. The maximum absolute atomic E-state index is 12.0. The van der Waals surface area contributed by atoms with Crippen LogP contribution >= 0.6 is 0 Å². The number of carbonyl (C=O) groups is 2. The molecule has 1 aromatic carbocycles. The molecule has 1 aromatic rings. The van der Waals surface area contributed by atoms with E-state index in [0.29, 0.717) is 42.4 Å². The lowest BCUT2D eigenvalue weighted by Crippen LogP contribution is -2.19. The Morgan fingerprint density at radius 3 is 2.50 bits per heavy atom. The van der Waals surface area contributed by atoms with E-state index in [4.69, 9.17) is 9.47 Å². The molecule has 0 aliphatic carbocycles. The van der Waals surface area contributed by atoms with Crippen molar-refractivity contribution in [3.8, 4) is 11.5 Å². The van der Waals surface area contributed by atoms with E-state index in [1.807, 2.05) is 0 Å². The van der Waals surface area contributed by atoms with E-state index in [0.717, 1.165) is 12.8 Å². The zero-order valence-corrected chi connectivity index (χ0v) is 16.1. The van der Waals surface area contributed by atoms with Crippen LogP contribution in [0.4, 0.5) is 5.69 Å². The molecule has 1 heterocycles. The normalized spacial score (nSPS) is 13.1. The van der Waals surface area contributed by atoms with Crippen LogP contribution < -0.4 is 14.8 Å². The SMILES string of the molecule is CCCCCCCCCCOc1ccc2c(c1NC(C)=O)OCCC2=O. The highest BCUT2D eigenvalue weighted by molar-refractivity contribution is 6.04. The number of hydrogen-bond acceptors (Lipinski definition) is 4. The molecular weight excluding hydrogens is 330 g/mol. The van der Waals surface area contributed by atoms with Crippen molar-refractivity contribution in [1.29, 1.82) is 0 Å². The van der Waals surface area contributed by atoms with Gasteiger partial charge in [0.25, 0.3) is 0 Å². The first-order chi connectivity index (χ1) is 12.6. The van der Waals surface area contributed by atoms with Gasteiger partial charge in [-0.25, -0.2) is 0 Å². The molecule has 5 nitrogen and oxygen atoms in total. The Bertz CT molecular complexity index is 612. The minimum absolute atomic E-state index is 0.0347. The lowest BCUT2D eigenvalue weighted by molar-refractivity contribution is -0.114. The molecule has 144 valence electrons. The first kappa shape index (κ1) is 20.3. The van der Waals surface area contributed by atoms with Gasteiger partial charge in [-0.2, -0.15) is 0 Å². The number of ketones is 1. The molecule has 0 saturated heterocycles. The molecule has 0 bridgehead atoms. The van der Waals surface area contributed by atoms with Gasteiger partial charge in [0.1, 0.15) is 11.4 Å². The van der Waals surface area contributed by atoms with Crippen molar-refractivity contribution in [3.63, 3.8) is 0 Å². The van der Waals surface area contributed by atoms with Gasteiger partial charge in [0.05, 0.1) is 18.8 Å². The van der Waals surface area contributed by atoms with Gasteiger partial charge < -0.3 is 14.8 Å². The molecule has 1 amide bonds. The number of nitrogens with one attached hydrogen (secondary N) is 1. The summed E-state index contributed by atoms with van der Waals surface area (Å²) in [5, 5.41) is 2.76. The van der Waals surface area contributed by atoms with Gasteiger partial charge in [0.2, 0.25) is 5.91 Å². The fraction of sp³-hybridized carbons (Fsp3) is 0.619. The van der Waals surface area contributed by atoms with Crippen molar-refractivity contribution in [2.24, 2.45) is 0 Å². The van der Waals surface area contributed by atoms with Crippen molar-refractivity contribution in [1.82, 2.24) is 0 Å². The second-order valence-corrected chi connectivity index (χ2v) is 6.84. The van der Waals surface area contributed by atoms with Crippen LogP contribution in [-0.2, 0) is 4.79 Å². The van der Waals surface area contributed by atoms with Crippen LogP contribution in [0.25, 0.3) is 0 Å². The number of amides is 1. The van der Waals surface area contributed by atoms with Crippen molar-refractivity contribution in [2.75, 3.05) is 18.5 Å². The molecule has 0 radical (unpaired) electrons. The smallest absolute Gasteiger partial charge is 0.221 e. The summed E-state index contributed by atoms with van der Waals surface area (Å²) in [5.41, 5.74) is 0.988. The second kappa shape index (κ2) is 10.8. The molecule has 2 rings (SSSR count). The van der Waals surface area contributed by atoms with E-state index in [2.05, 4.69) is 12.2 Å². The first-order valence-corrected chi connectivity index (χ1v) is 9.87. The Kier molecular flexibility index (Phi) is 8.45. The predicted molar refractivity (Wildman–Crippen MR) is 103 cm³/mol. The fourth-order valence-corrected chi connectivity index (χ4v) is 3.15. The Morgan fingerprint density at radius 2 is 1.81 bits per heavy atom. The van der Waals surface area contributed by atoms with Crippen LogP contribution in [0, 0.1) is 0 Å². The monoisotopic (exact) mass is 361 g/mol. The number of fused-ring (bicyclic) bond motifs is 1. The zero-order valence-electron chi connectivity index (χ0n) is 16.1. The average molecular weight is 361 g/mol. The Hall–Kier alpha value is -2.04. The number of anilines is 1. The first-order valence-electron chi connectivity index (χ1n) is 9.87. The molecule has 0 fully saturated rings. The summed E-state index contributed by atoms with van der Waals surface area (Å²) in [6, 6.07) is 3.48. The van der Waals surface area contributed by atoms with Crippen LogP contribution in [-0.4, -0.2) is 24.9 Å². The summed E-state index contributed by atoms with van der Waals surface area (Å²) in [7, 11) is 0. The average Bonchev–Trinajstić information content (AvgIpc) is 2.62. The van der Waals surface area contributed by atoms with E-state index in [1.54, 1.807) is 12.1 Å². The molecule has 1 aliphatic heterocycles. The summed E-state index contributed by atoms with van der Waals surface area (Å²) in [5.74, 6) is 0.825. The van der Waals surface area contributed by atoms with Gasteiger partial charge in [-0.3, -0.25) is 9.59 Å². The third-order valence-corrected chi connectivity index (χ3v) is 4.55. The van der Waals surface area contributed by atoms with Crippen molar-refractivity contribution in [2.45, 2.75) is 71.6 Å². The summed E-state index contributed by atoms with van der Waals surface area (Å²) in [6.45, 7) is 4.59. The molecule has 0 aromatic heterocycles. The van der Waals surface area contributed by atoms with E-state index in [1.165, 1.54) is 45.4 Å². The number of benzene rings is 1. The minimum atomic E-state index is -0.211. The second-order valence-electron chi connectivity index (χ2n) is 6.84. The number of unbranched alkanes of at least 4 members (excludes halogenated alkanes) is 7. The summed E-state index contributed by atoms with van der Waals surface area (Å²) >= 11 is 0. The van der Waals surface area contributed by atoms with Crippen molar-refractivity contribution < 1.29 is 19.1 Å². The molecule has 0 spiro atoms. The summed E-state index contributed by atoms with van der Waals surface area (Å²) < 4.78 is 11.5. The molecular formula is C21H31NO4.